The lowest BCUT2D eigenvalue weighted by molar-refractivity contribution is 0.665. The molecule has 0 fully saturated rings. The van der Waals surface area contributed by atoms with Gasteiger partial charge in [0.25, 0.3) is 0 Å². The summed E-state index contributed by atoms with van der Waals surface area (Å²) in [7, 11) is 0. The van der Waals surface area contributed by atoms with Crippen LogP contribution in [0.1, 0.15) is 57.1 Å². The molecular weight excluding hydrogens is 180 g/mol. The van der Waals surface area contributed by atoms with Gasteiger partial charge in [0, 0.05) is 0 Å². The van der Waals surface area contributed by atoms with E-state index in [2.05, 4.69) is 44.5 Å². The Balaban J connectivity index is 2.20. The fourth-order valence-corrected chi connectivity index (χ4v) is 1.73. The molecule has 0 spiro atoms. The van der Waals surface area contributed by atoms with Gasteiger partial charge in [0.1, 0.15) is 0 Å². The van der Waals surface area contributed by atoms with E-state index in [1.165, 1.54) is 43.2 Å². The highest BCUT2D eigenvalue weighted by Gasteiger charge is 1.94. The quantitative estimate of drug-likeness (QED) is 0.560. The molecular formula is C15H23. The maximum Gasteiger partial charge on any atom is -0.00931 e. The van der Waals surface area contributed by atoms with E-state index in [4.69, 9.17) is 0 Å². The van der Waals surface area contributed by atoms with E-state index in [0.717, 1.165) is 6.42 Å². The molecule has 1 radical (unpaired) electrons. The van der Waals surface area contributed by atoms with Crippen molar-refractivity contribution in [2.24, 2.45) is 0 Å². The number of hydrogen-bond donors (Lipinski definition) is 0. The van der Waals surface area contributed by atoms with Crippen molar-refractivity contribution in [3.63, 3.8) is 0 Å². The average molecular weight is 203 g/mol. The van der Waals surface area contributed by atoms with Gasteiger partial charge in [0.2, 0.25) is 0 Å². The van der Waals surface area contributed by atoms with Crippen molar-refractivity contribution in [3.8, 4) is 0 Å². The van der Waals surface area contributed by atoms with Crippen LogP contribution in [0.4, 0.5) is 0 Å². The Hall–Kier alpha value is -0.780. The van der Waals surface area contributed by atoms with Crippen LogP contribution in [0.3, 0.4) is 0 Å². The van der Waals surface area contributed by atoms with Crippen LogP contribution < -0.4 is 0 Å². The lowest BCUT2D eigenvalue weighted by Crippen LogP contribution is -1.85. The van der Waals surface area contributed by atoms with Gasteiger partial charge >= 0.3 is 0 Å². The van der Waals surface area contributed by atoms with Gasteiger partial charge in [0.05, 0.1) is 0 Å². The van der Waals surface area contributed by atoms with Crippen LogP contribution in [0, 0.1) is 6.42 Å². The summed E-state index contributed by atoms with van der Waals surface area (Å²) >= 11 is 0. The number of unbranched alkanes of at least 4 members (excludes halogenated alkanes) is 4. The Bertz CT molecular complexity index is 245. The van der Waals surface area contributed by atoms with Gasteiger partial charge in [-0.25, -0.2) is 0 Å². The van der Waals surface area contributed by atoms with E-state index in [1.54, 1.807) is 0 Å². The second-order valence-corrected chi connectivity index (χ2v) is 4.15. The van der Waals surface area contributed by atoms with Gasteiger partial charge in [-0.2, -0.15) is 0 Å². The third-order valence-corrected chi connectivity index (χ3v) is 2.83. The highest BCUT2D eigenvalue weighted by Crippen LogP contribution is 2.12. The first-order valence-corrected chi connectivity index (χ1v) is 6.29. The summed E-state index contributed by atoms with van der Waals surface area (Å²) in [4.78, 5) is 0. The third-order valence-electron chi connectivity index (χ3n) is 2.83. The minimum Gasteiger partial charge on any atom is -0.0654 e. The Morgan fingerprint density at radius 1 is 0.933 bits per heavy atom. The lowest BCUT2D eigenvalue weighted by Gasteiger charge is -2.02. The number of hydrogen-bond acceptors (Lipinski definition) is 0. The Kier molecular flexibility index (Phi) is 6.15. The molecule has 0 atom stereocenters. The molecule has 0 heteroatoms. The summed E-state index contributed by atoms with van der Waals surface area (Å²) in [5.41, 5.74) is 2.81. The monoisotopic (exact) mass is 203 g/mol. The molecule has 0 bridgehead atoms. The van der Waals surface area contributed by atoms with Crippen molar-refractivity contribution in [2.45, 2.75) is 52.4 Å². The molecule has 0 aliphatic heterocycles. The first-order chi connectivity index (χ1) is 7.36. The summed E-state index contributed by atoms with van der Waals surface area (Å²) in [6.07, 6.45) is 10.1. The summed E-state index contributed by atoms with van der Waals surface area (Å²) < 4.78 is 0. The molecule has 1 aromatic rings. The second kappa shape index (κ2) is 7.50. The summed E-state index contributed by atoms with van der Waals surface area (Å²) in [6, 6.07) is 8.94. The van der Waals surface area contributed by atoms with E-state index in [1.807, 2.05) is 0 Å². The molecule has 0 aliphatic carbocycles. The predicted octanol–water partition coefficient (Wildman–Crippen LogP) is 4.77. The SMILES string of the molecule is CCCCCC[CH]c1ccc(CC)cc1. The first kappa shape index (κ1) is 12.3. The molecule has 0 aromatic heterocycles. The summed E-state index contributed by atoms with van der Waals surface area (Å²) in [6.45, 7) is 4.46. The molecule has 0 saturated heterocycles. The molecule has 15 heavy (non-hydrogen) atoms. The van der Waals surface area contributed by atoms with E-state index in [0.29, 0.717) is 0 Å². The van der Waals surface area contributed by atoms with E-state index < -0.39 is 0 Å². The Morgan fingerprint density at radius 3 is 2.27 bits per heavy atom. The van der Waals surface area contributed by atoms with Crippen molar-refractivity contribution < 1.29 is 0 Å². The van der Waals surface area contributed by atoms with Crippen LogP contribution in [0.2, 0.25) is 0 Å². The first-order valence-electron chi connectivity index (χ1n) is 6.29. The van der Waals surface area contributed by atoms with E-state index in [9.17, 15) is 0 Å². The number of aryl methyl sites for hydroxylation is 1. The van der Waals surface area contributed by atoms with Crippen molar-refractivity contribution in [2.75, 3.05) is 0 Å². The molecule has 0 nitrogen and oxygen atoms in total. The molecule has 0 amide bonds. The normalized spacial score (nSPS) is 10.5. The average Bonchev–Trinajstić information content (AvgIpc) is 2.30. The van der Waals surface area contributed by atoms with Crippen LogP contribution in [-0.4, -0.2) is 0 Å². The van der Waals surface area contributed by atoms with Gasteiger partial charge in [-0.1, -0.05) is 63.8 Å². The Labute approximate surface area is 94.7 Å². The van der Waals surface area contributed by atoms with Crippen LogP contribution in [0.5, 0.6) is 0 Å². The lowest BCUT2D eigenvalue weighted by atomic mass is 10.0. The van der Waals surface area contributed by atoms with Crippen molar-refractivity contribution in [1.29, 1.82) is 0 Å². The van der Waals surface area contributed by atoms with Crippen molar-refractivity contribution >= 4 is 0 Å². The topological polar surface area (TPSA) is 0 Å². The van der Waals surface area contributed by atoms with Gasteiger partial charge in [0.15, 0.2) is 0 Å². The van der Waals surface area contributed by atoms with Crippen LogP contribution >= 0.6 is 0 Å². The molecule has 0 unspecified atom stereocenters. The molecule has 0 aliphatic rings. The molecule has 1 aromatic carbocycles. The van der Waals surface area contributed by atoms with Gasteiger partial charge in [-0.15, -0.1) is 0 Å². The Morgan fingerprint density at radius 2 is 1.67 bits per heavy atom. The fraction of sp³-hybridized carbons (Fsp3) is 0.533. The highest BCUT2D eigenvalue weighted by atomic mass is 14.0. The minimum atomic E-state index is 1.14. The number of rotatable bonds is 7. The third kappa shape index (κ3) is 5.01. The van der Waals surface area contributed by atoms with Gasteiger partial charge in [-0.05, 0) is 30.4 Å². The zero-order valence-electron chi connectivity index (χ0n) is 10.1. The largest absolute Gasteiger partial charge is 0.0654 e. The smallest absolute Gasteiger partial charge is 0.00931 e. The standard InChI is InChI=1S/C15H23/c1-3-5-6-7-8-9-15-12-10-14(4-2)11-13-15/h9-13H,3-8H2,1-2H3. The number of benzene rings is 1. The fourth-order valence-electron chi connectivity index (χ4n) is 1.73. The molecule has 0 N–H and O–H groups in total. The zero-order chi connectivity index (χ0) is 10.9. The van der Waals surface area contributed by atoms with Crippen LogP contribution in [-0.2, 0) is 6.42 Å². The zero-order valence-corrected chi connectivity index (χ0v) is 10.1. The highest BCUT2D eigenvalue weighted by molar-refractivity contribution is 5.27. The molecule has 0 saturated carbocycles. The molecule has 1 rings (SSSR count). The molecule has 83 valence electrons. The minimum absolute atomic E-state index is 1.14. The van der Waals surface area contributed by atoms with Crippen LogP contribution in [0.25, 0.3) is 0 Å². The maximum atomic E-state index is 2.36. The van der Waals surface area contributed by atoms with Gasteiger partial charge in [-0.3, -0.25) is 0 Å². The van der Waals surface area contributed by atoms with Crippen LogP contribution in [0.15, 0.2) is 24.3 Å². The maximum absolute atomic E-state index is 2.36. The summed E-state index contributed by atoms with van der Waals surface area (Å²) in [5, 5.41) is 0. The second-order valence-electron chi connectivity index (χ2n) is 4.15. The van der Waals surface area contributed by atoms with Crippen molar-refractivity contribution in [3.05, 3.63) is 41.8 Å². The molecule has 0 heterocycles. The summed E-state index contributed by atoms with van der Waals surface area (Å²) in [5.74, 6) is 0. The van der Waals surface area contributed by atoms with Crippen molar-refractivity contribution in [1.82, 2.24) is 0 Å². The van der Waals surface area contributed by atoms with E-state index >= 15 is 0 Å². The van der Waals surface area contributed by atoms with E-state index in [-0.39, 0.29) is 0 Å². The predicted molar refractivity (Wildman–Crippen MR) is 68.0 cm³/mol. The van der Waals surface area contributed by atoms with Gasteiger partial charge < -0.3 is 0 Å².